The molecule has 1 rings (SSSR count). The summed E-state index contributed by atoms with van der Waals surface area (Å²) in [6.07, 6.45) is -0.00767. The fourth-order valence-electron chi connectivity index (χ4n) is 1.17. The first-order valence-corrected chi connectivity index (χ1v) is 4.87. The normalized spacial score (nSPS) is 8.75. The Morgan fingerprint density at radius 2 is 2.25 bits per heavy atom. The Morgan fingerprint density at radius 3 is 2.88 bits per heavy atom. The molecule has 0 bridgehead atoms. The van der Waals surface area contributed by atoms with E-state index in [0.717, 1.165) is 0 Å². The average Bonchev–Trinajstić information content (AvgIpc) is 2.20. The molecule has 0 saturated carbocycles. The maximum absolute atomic E-state index is 10.6. The number of nitriles is 1. The van der Waals surface area contributed by atoms with Crippen LogP contribution < -0.4 is 0 Å². The zero-order valence-corrected chi connectivity index (χ0v) is 9.08. The highest BCUT2D eigenvalue weighted by molar-refractivity contribution is 6.30. The van der Waals surface area contributed by atoms with Gasteiger partial charge >= 0.3 is 5.97 Å². The number of carboxylic acid groups (broad SMARTS) is 1. The highest BCUT2D eigenvalue weighted by Gasteiger charge is 2.05. The lowest BCUT2D eigenvalue weighted by Crippen LogP contribution is -2.02. The van der Waals surface area contributed by atoms with Gasteiger partial charge in [-0.15, -0.1) is 0 Å². The van der Waals surface area contributed by atoms with E-state index in [1.54, 1.807) is 18.2 Å². The lowest BCUT2D eigenvalue weighted by molar-refractivity contribution is -0.136. The van der Waals surface area contributed by atoms with Crippen LogP contribution in [0, 0.1) is 23.2 Å². The second-order valence-corrected chi connectivity index (χ2v) is 3.45. The van der Waals surface area contributed by atoms with Gasteiger partial charge in [0.1, 0.15) is 0 Å². The molecule has 80 valence electrons. The molecule has 4 heteroatoms. The lowest BCUT2D eigenvalue weighted by Gasteiger charge is -2.01. The summed E-state index contributed by atoms with van der Waals surface area (Å²) in [6, 6.07) is 6.77. The van der Waals surface area contributed by atoms with Gasteiger partial charge < -0.3 is 5.11 Å². The lowest BCUT2D eigenvalue weighted by atomic mass is 10.0. The molecule has 0 aliphatic heterocycles. The molecule has 0 aromatic heterocycles. The number of aliphatic carboxylic acids is 1. The van der Waals surface area contributed by atoms with Crippen molar-refractivity contribution in [3.8, 4) is 17.9 Å². The van der Waals surface area contributed by atoms with Crippen molar-refractivity contribution in [2.24, 2.45) is 0 Å². The number of benzene rings is 1. The summed E-state index contributed by atoms with van der Waals surface area (Å²) < 4.78 is 0. The molecular formula is C12H8ClNO2. The van der Waals surface area contributed by atoms with Crippen molar-refractivity contribution in [2.75, 3.05) is 0 Å². The first-order chi connectivity index (χ1) is 7.63. The van der Waals surface area contributed by atoms with Crippen LogP contribution in [-0.2, 0) is 11.2 Å². The number of hydrogen-bond acceptors (Lipinski definition) is 2. The summed E-state index contributed by atoms with van der Waals surface area (Å²) in [5, 5.41) is 17.5. The third-order valence-electron chi connectivity index (χ3n) is 1.80. The molecule has 0 unspecified atom stereocenters. The number of halogens is 1. The predicted molar refractivity (Wildman–Crippen MR) is 59.9 cm³/mol. The Kier molecular flexibility index (Phi) is 4.39. The number of carboxylic acids is 1. The fraction of sp³-hybridized carbons (Fsp3) is 0.167. The zero-order chi connectivity index (χ0) is 12.0. The molecule has 16 heavy (non-hydrogen) atoms. The molecule has 1 aromatic carbocycles. The topological polar surface area (TPSA) is 61.1 Å². The molecule has 1 aromatic rings. The van der Waals surface area contributed by atoms with Crippen molar-refractivity contribution < 1.29 is 9.90 Å². The van der Waals surface area contributed by atoms with Gasteiger partial charge in [-0.1, -0.05) is 23.4 Å². The fourth-order valence-corrected chi connectivity index (χ4v) is 1.37. The highest BCUT2D eigenvalue weighted by Crippen LogP contribution is 2.16. The number of carbonyl (C=O) groups is 1. The standard InChI is InChI=1S/C12H8ClNO2/c13-11-5-4-9(3-1-2-6-14)10(7-11)8-12(15)16/h4-5,7H,2,8H2,(H,15,16). The summed E-state index contributed by atoms with van der Waals surface area (Å²) >= 11 is 5.77. The van der Waals surface area contributed by atoms with E-state index in [-0.39, 0.29) is 12.8 Å². The van der Waals surface area contributed by atoms with E-state index in [1.807, 2.05) is 6.07 Å². The monoisotopic (exact) mass is 233 g/mol. The van der Waals surface area contributed by atoms with E-state index >= 15 is 0 Å². The Labute approximate surface area is 98.3 Å². The maximum atomic E-state index is 10.6. The molecule has 0 aliphatic rings. The molecule has 0 fully saturated rings. The van der Waals surface area contributed by atoms with Crippen LogP contribution in [0.25, 0.3) is 0 Å². The number of nitrogens with zero attached hydrogens (tertiary/aromatic N) is 1. The van der Waals surface area contributed by atoms with Gasteiger partial charge in [0.2, 0.25) is 0 Å². The Balaban J connectivity index is 3.04. The highest BCUT2D eigenvalue weighted by atomic mass is 35.5. The molecule has 0 amide bonds. The minimum absolute atomic E-state index is 0.120. The maximum Gasteiger partial charge on any atom is 0.307 e. The summed E-state index contributed by atoms with van der Waals surface area (Å²) in [7, 11) is 0. The summed E-state index contributed by atoms with van der Waals surface area (Å²) in [5.41, 5.74) is 1.16. The van der Waals surface area contributed by atoms with E-state index < -0.39 is 5.97 Å². The van der Waals surface area contributed by atoms with Crippen molar-refractivity contribution >= 4 is 17.6 Å². The van der Waals surface area contributed by atoms with Crippen molar-refractivity contribution in [2.45, 2.75) is 12.8 Å². The average molecular weight is 234 g/mol. The van der Waals surface area contributed by atoms with Crippen LogP contribution in [0.4, 0.5) is 0 Å². The van der Waals surface area contributed by atoms with Crippen molar-refractivity contribution in [1.82, 2.24) is 0 Å². The summed E-state index contributed by atoms with van der Waals surface area (Å²) in [4.78, 5) is 10.6. The first kappa shape index (κ1) is 12.1. The van der Waals surface area contributed by atoms with Gasteiger partial charge in [-0.05, 0) is 23.8 Å². The molecule has 0 atom stereocenters. The molecule has 0 radical (unpaired) electrons. The molecule has 0 spiro atoms. The molecule has 0 aliphatic carbocycles. The third-order valence-corrected chi connectivity index (χ3v) is 2.03. The molecule has 1 N–H and O–H groups in total. The Bertz CT molecular complexity index is 506. The van der Waals surface area contributed by atoms with Gasteiger partial charge in [-0.2, -0.15) is 5.26 Å². The van der Waals surface area contributed by atoms with Gasteiger partial charge in [0.05, 0.1) is 18.9 Å². The van der Waals surface area contributed by atoms with Crippen LogP contribution in [0.1, 0.15) is 17.5 Å². The minimum atomic E-state index is -0.939. The van der Waals surface area contributed by atoms with E-state index in [9.17, 15) is 4.79 Å². The van der Waals surface area contributed by atoms with E-state index in [4.69, 9.17) is 22.0 Å². The van der Waals surface area contributed by atoms with Crippen LogP contribution >= 0.6 is 11.6 Å². The number of hydrogen-bond donors (Lipinski definition) is 1. The Hall–Kier alpha value is -1.97. The van der Waals surface area contributed by atoms with E-state index in [2.05, 4.69) is 11.8 Å². The smallest absolute Gasteiger partial charge is 0.307 e. The minimum Gasteiger partial charge on any atom is -0.481 e. The first-order valence-electron chi connectivity index (χ1n) is 4.49. The van der Waals surface area contributed by atoms with E-state index in [1.165, 1.54) is 0 Å². The van der Waals surface area contributed by atoms with Crippen LogP contribution in [0.3, 0.4) is 0 Å². The van der Waals surface area contributed by atoms with Crippen LogP contribution in [0.2, 0.25) is 5.02 Å². The SMILES string of the molecule is N#CCC#Cc1ccc(Cl)cc1CC(=O)O. The summed E-state index contributed by atoms with van der Waals surface area (Å²) in [6.45, 7) is 0. The molecular weight excluding hydrogens is 226 g/mol. The van der Waals surface area contributed by atoms with Crippen molar-refractivity contribution in [1.29, 1.82) is 5.26 Å². The molecule has 0 heterocycles. The van der Waals surface area contributed by atoms with Gasteiger partial charge in [0, 0.05) is 10.6 Å². The number of rotatable bonds is 2. The van der Waals surface area contributed by atoms with Crippen molar-refractivity contribution in [3.63, 3.8) is 0 Å². The molecule has 3 nitrogen and oxygen atoms in total. The molecule has 0 saturated heterocycles. The largest absolute Gasteiger partial charge is 0.481 e. The second kappa shape index (κ2) is 5.80. The quantitative estimate of drug-likeness (QED) is 0.797. The van der Waals surface area contributed by atoms with Crippen LogP contribution in [0.15, 0.2) is 18.2 Å². The van der Waals surface area contributed by atoms with Crippen molar-refractivity contribution in [3.05, 3.63) is 34.3 Å². The van der Waals surface area contributed by atoms with Gasteiger partial charge in [-0.3, -0.25) is 4.79 Å². The van der Waals surface area contributed by atoms with E-state index in [0.29, 0.717) is 16.1 Å². The van der Waals surface area contributed by atoms with Gasteiger partial charge in [0.25, 0.3) is 0 Å². The van der Waals surface area contributed by atoms with Gasteiger partial charge in [-0.25, -0.2) is 0 Å². The Morgan fingerprint density at radius 1 is 1.50 bits per heavy atom. The zero-order valence-electron chi connectivity index (χ0n) is 8.33. The summed E-state index contributed by atoms with van der Waals surface area (Å²) in [5.74, 6) is 4.45. The predicted octanol–water partition coefficient (Wildman–Crippen LogP) is 2.23. The third kappa shape index (κ3) is 3.65. The second-order valence-electron chi connectivity index (χ2n) is 3.01. The van der Waals surface area contributed by atoms with Crippen LogP contribution in [0.5, 0.6) is 0 Å². The van der Waals surface area contributed by atoms with Gasteiger partial charge in [0.15, 0.2) is 0 Å². The van der Waals surface area contributed by atoms with Crippen LogP contribution in [-0.4, -0.2) is 11.1 Å².